The highest BCUT2D eigenvalue weighted by atomic mass is 79.9. The highest BCUT2D eigenvalue weighted by Gasteiger charge is 2.41. The molecular formula is C24H19BrN2O3. The Labute approximate surface area is 182 Å². The summed E-state index contributed by atoms with van der Waals surface area (Å²) in [5, 5.41) is 3.01. The lowest BCUT2D eigenvalue weighted by atomic mass is 9.98. The number of carbonyl (C=O) groups excluding carboxylic acids is 3. The second kappa shape index (κ2) is 8.24. The molecule has 30 heavy (non-hydrogen) atoms. The van der Waals surface area contributed by atoms with Gasteiger partial charge in [-0.1, -0.05) is 70.5 Å². The van der Waals surface area contributed by atoms with Crippen molar-refractivity contribution in [3.8, 4) is 0 Å². The number of fused-ring (bicyclic) bond motifs is 1. The van der Waals surface area contributed by atoms with Crippen molar-refractivity contribution in [3.63, 3.8) is 0 Å². The first-order valence-corrected chi connectivity index (χ1v) is 10.3. The quantitative estimate of drug-likeness (QED) is 0.573. The van der Waals surface area contributed by atoms with E-state index in [2.05, 4.69) is 21.2 Å². The highest BCUT2D eigenvalue weighted by Crippen LogP contribution is 2.27. The summed E-state index contributed by atoms with van der Waals surface area (Å²) in [5.41, 5.74) is 2.46. The van der Waals surface area contributed by atoms with Crippen molar-refractivity contribution in [2.45, 2.75) is 19.0 Å². The zero-order valence-corrected chi connectivity index (χ0v) is 17.8. The van der Waals surface area contributed by atoms with Gasteiger partial charge < -0.3 is 5.32 Å². The molecule has 0 saturated heterocycles. The van der Waals surface area contributed by atoms with Gasteiger partial charge in [-0.25, -0.2) is 0 Å². The largest absolute Gasteiger partial charge is 0.343 e. The molecular weight excluding hydrogens is 444 g/mol. The van der Waals surface area contributed by atoms with Crippen molar-refractivity contribution in [2.24, 2.45) is 0 Å². The molecule has 3 amide bonds. The van der Waals surface area contributed by atoms with Crippen molar-refractivity contribution in [1.82, 2.24) is 10.2 Å². The van der Waals surface area contributed by atoms with Crippen LogP contribution in [0.1, 0.15) is 44.8 Å². The third-order valence-corrected chi connectivity index (χ3v) is 5.74. The third-order valence-electron chi connectivity index (χ3n) is 5.22. The lowest BCUT2D eigenvalue weighted by molar-refractivity contribution is -0.125. The smallest absolute Gasteiger partial charge is 0.262 e. The van der Waals surface area contributed by atoms with Gasteiger partial charge in [0.1, 0.15) is 6.04 Å². The molecule has 150 valence electrons. The zero-order chi connectivity index (χ0) is 21.3. The van der Waals surface area contributed by atoms with Crippen LogP contribution in [-0.4, -0.2) is 28.7 Å². The van der Waals surface area contributed by atoms with Gasteiger partial charge in [0.2, 0.25) is 5.91 Å². The lowest BCUT2D eigenvalue weighted by Gasteiger charge is -2.26. The zero-order valence-electron chi connectivity index (χ0n) is 16.2. The third kappa shape index (κ3) is 3.66. The Hall–Kier alpha value is -3.25. The first kappa shape index (κ1) is 20.0. The van der Waals surface area contributed by atoms with Crippen LogP contribution in [0.4, 0.5) is 0 Å². The van der Waals surface area contributed by atoms with Gasteiger partial charge in [0.15, 0.2) is 0 Å². The van der Waals surface area contributed by atoms with Crippen LogP contribution < -0.4 is 5.32 Å². The molecule has 3 aromatic carbocycles. The summed E-state index contributed by atoms with van der Waals surface area (Å²) in [6.45, 7) is 1.57. The fraction of sp³-hybridized carbons (Fsp3) is 0.125. The summed E-state index contributed by atoms with van der Waals surface area (Å²) in [6, 6.07) is 22.5. The van der Waals surface area contributed by atoms with Gasteiger partial charge in [0, 0.05) is 4.47 Å². The first-order chi connectivity index (χ1) is 14.5. The number of benzene rings is 3. The Balaban J connectivity index is 1.61. The van der Waals surface area contributed by atoms with Gasteiger partial charge in [-0.2, -0.15) is 0 Å². The molecule has 6 heteroatoms. The van der Waals surface area contributed by atoms with Gasteiger partial charge in [-0.05, 0) is 42.3 Å². The second-order valence-corrected chi connectivity index (χ2v) is 8.02. The molecule has 1 N–H and O–H groups in total. The van der Waals surface area contributed by atoms with Crippen molar-refractivity contribution in [2.75, 3.05) is 0 Å². The number of halogens is 1. The molecule has 0 bridgehead atoms. The topological polar surface area (TPSA) is 66.5 Å². The maximum Gasteiger partial charge on any atom is 0.262 e. The van der Waals surface area contributed by atoms with E-state index < -0.39 is 29.8 Å². The Bertz CT molecular complexity index is 1080. The van der Waals surface area contributed by atoms with Crippen LogP contribution in [-0.2, 0) is 4.79 Å². The van der Waals surface area contributed by atoms with E-state index in [1.54, 1.807) is 31.2 Å². The minimum Gasteiger partial charge on any atom is -0.343 e. The van der Waals surface area contributed by atoms with Crippen molar-refractivity contribution < 1.29 is 14.4 Å². The molecule has 5 nitrogen and oxygen atoms in total. The minimum absolute atomic E-state index is 0.328. The van der Waals surface area contributed by atoms with Crippen molar-refractivity contribution >= 4 is 33.7 Å². The molecule has 2 unspecified atom stereocenters. The normalized spacial score (nSPS) is 14.9. The van der Waals surface area contributed by atoms with E-state index in [4.69, 9.17) is 0 Å². The molecule has 1 heterocycles. The molecule has 0 radical (unpaired) electrons. The Morgan fingerprint density at radius 1 is 0.800 bits per heavy atom. The van der Waals surface area contributed by atoms with Gasteiger partial charge in [-0.15, -0.1) is 0 Å². The molecule has 2 atom stereocenters. The predicted molar refractivity (Wildman–Crippen MR) is 117 cm³/mol. The highest BCUT2D eigenvalue weighted by molar-refractivity contribution is 9.10. The number of imide groups is 1. The van der Waals surface area contributed by atoms with E-state index in [1.807, 2.05) is 54.6 Å². The van der Waals surface area contributed by atoms with E-state index >= 15 is 0 Å². The van der Waals surface area contributed by atoms with E-state index in [1.165, 1.54) is 0 Å². The molecule has 1 aliphatic heterocycles. The van der Waals surface area contributed by atoms with Crippen molar-refractivity contribution in [3.05, 3.63) is 106 Å². The van der Waals surface area contributed by atoms with Crippen LogP contribution in [0.2, 0.25) is 0 Å². The van der Waals surface area contributed by atoms with Crippen LogP contribution in [0, 0.1) is 0 Å². The Kier molecular flexibility index (Phi) is 5.50. The number of nitrogens with zero attached hydrogens (tertiary/aromatic N) is 1. The number of carbonyl (C=O) groups is 3. The van der Waals surface area contributed by atoms with E-state index in [0.29, 0.717) is 11.1 Å². The van der Waals surface area contributed by atoms with E-state index in [-0.39, 0.29) is 0 Å². The van der Waals surface area contributed by atoms with Crippen LogP contribution in [0.3, 0.4) is 0 Å². The van der Waals surface area contributed by atoms with E-state index in [9.17, 15) is 14.4 Å². The number of hydrogen-bond acceptors (Lipinski definition) is 3. The van der Waals surface area contributed by atoms with Crippen LogP contribution in [0.5, 0.6) is 0 Å². The Morgan fingerprint density at radius 2 is 1.30 bits per heavy atom. The van der Waals surface area contributed by atoms with Gasteiger partial charge in [-0.3, -0.25) is 19.3 Å². The molecule has 0 aromatic heterocycles. The molecule has 4 rings (SSSR count). The average Bonchev–Trinajstić information content (AvgIpc) is 3.03. The summed E-state index contributed by atoms with van der Waals surface area (Å²) < 4.78 is 0.934. The summed E-state index contributed by atoms with van der Waals surface area (Å²) >= 11 is 3.43. The predicted octanol–water partition coefficient (Wildman–Crippen LogP) is 4.34. The maximum absolute atomic E-state index is 13.1. The number of hydrogen-bond donors (Lipinski definition) is 1. The van der Waals surface area contributed by atoms with Crippen LogP contribution in [0.25, 0.3) is 0 Å². The molecule has 0 saturated carbocycles. The molecule has 1 aliphatic rings. The van der Waals surface area contributed by atoms with E-state index in [0.717, 1.165) is 20.5 Å². The SMILES string of the molecule is CC(C(=O)NC(c1ccccc1)c1ccc(Br)cc1)N1C(=O)c2ccccc2C1=O. The van der Waals surface area contributed by atoms with Crippen LogP contribution >= 0.6 is 15.9 Å². The monoisotopic (exact) mass is 462 g/mol. The lowest BCUT2D eigenvalue weighted by Crippen LogP contribution is -2.48. The minimum atomic E-state index is -0.945. The summed E-state index contributed by atoms with van der Waals surface area (Å²) in [5.74, 6) is -1.29. The second-order valence-electron chi connectivity index (χ2n) is 7.11. The number of rotatable bonds is 5. The fourth-order valence-corrected chi connectivity index (χ4v) is 3.86. The summed E-state index contributed by atoms with van der Waals surface area (Å²) in [6.07, 6.45) is 0. The van der Waals surface area contributed by atoms with Crippen LogP contribution in [0.15, 0.2) is 83.3 Å². The maximum atomic E-state index is 13.1. The Morgan fingerprint density at radius 3 is 1.87 bits per heavy atom. The number of nitrogens with one attached hydrogen (secondary N) is 1. The molecule has 0 fully saturated rings. The summed E-state index contributed by atoms with van der Waals surface area (Å²) in [4.78, 5) is 39.6. The standard InChI is InChI=1S/C24H19BrN2O3/c1-15(27-23(29)19-9-5-6-10-20(19)24(27)30)22(28)26-21(16-7-3-2-4-8-16)17-11-13-18(25)14-12-17/h2-15,21H,1H3,(H,26,28). The first-order valence-electron chi connectivity index (χ1n) is 9.55. The van der Waals surface area contributed by atoms with Gasteiger partial charge >= 0.3 is 0 Å². The summed E-state index contributed by atoms with van der Waals surface area (Å²) in [7, 11) is 0. The molecule has 0 spiro atoms. The van der Waals surface area contributed by atoms with Gasteiger partial charge in [0.05, 0.1) is 17.2 Å². The molecule has 3 aromatic rings. The fourth-order valence-electron chi connectivity index (χ4n) is 3.60. The van der Waals surface area contributed by atoms with Crippen molar-refractivity contribution in [1.29, 1.82) is 0 Å². The average molecular weight is 463 g/mol. The molecule has 0 aliphatic carbocycles. The van der Waals surface area contributed by atoms with Gasteiger partial charge in [0.25, 0.3) is 11.8 Å². The number of amides is 3.